The standard InChI is InChI=1S/C50H24N10/c51-25-35(26-52)48(31-57)33-11-15-40(16-12-33)59(38-7-3-1-4-8-38)42-19-21-44-45-22-20-43(24-47(45)50(46(44)23-42)37(29-55)30-56)60(39-9-5-2-6-10-39)41-17-13-34(14-18-41)49(32-58)36(27-53)28-54/h1-24H. The molecule has 0 unspecified atom stereocenters. The largest absolute Gasteiger partial charge is 0.310 e. The number of allylic oxidation sites excluding steroid dienone is 5. The first-order chi connectivity index (χ1) is 29.4. The van der Waals surface area contributed by atoms with E-state index in [9.17, 15) is 42.1 Å². The normalized spacial score (nSPS) is 10.2. The minimum atomic E-state index is -0.282. The number of nitrogens with zero attached hydrogens (tertiary/aromatic N) is 10. The molecule has 7 rings (SSSR count). The van der Waals surface area contributed by atoms with Crippen LogP contribution < -0.4 is 9.80 Å². The van der Waals surface area contributed by atoms with Crippen molar-refractivity contribution in [3.63, 3.8) is 0 Å². The van der Waals surface area contributed by atoms with Gasteiger partial charge in [0.25, 0.3) is 0 Å². The van der Waals surface area contributed by atoms with E-state index in [4.69, 9.17) is 0 Å². The summed E-state index contributed by atoms with van der Waals surface area (Å²) in [6, 6.07) is 60.1. The Morgan fingerprint density at radius 2 is 0.650 bits per heavy atom. The van der Waals surface area contributed by atoms with Crippen molar-refractivity contribution >= 4 is 50.8 Å². The van der Waals surface area contributed by atoms with Gasteiger partial charge in [-0.05, 0) is 106 Å². The van der Waals surface area contributed by atoms with Crippen molar-refractivity contribution in [3.05, 3.63) is 185 Å². The lowest BCUT2D eigenvalue weighted by Crippen LogP contribution is -2.10. The molecule has 0 aromatic heterocycles. The summed E-state index contributed by atoms with van der Waals surface area (Å²) in [5.74, 6) is 0. The number of rotatable bonds is 8. The molecule has 0 saturated heterocycles. The Balaban J connectivity index is 1.37. The second kappa shape index (κ2) is 16.8. The predicted molar refractivity (Wildman–Crippen MR) is 226 cm³/mol. The highest BCUT2D eigenvalue weighted by molar-refractivity contribution is 6.06. The fraction of sp³-hybridized carbons (Fsp3) is 0. The fourth-order valence-electron chi connectivity index (χ4n) is 7.18. The molecule has 1 aliphatic carbocycles. The Bertz CT molecular complexity index is 2910. The molecule has 0 amide bonds. The zero-order valence-corrected chi connectivity index (χ0v) is 31.3. The smallest absolute Gasteiger partial charge is 0.148 e. The maximum absolute atomic E-state index is 10.4. The third-order valence-corrected chi connectivity index (χ3v) is 9.85. The Labute approximate surface area is 345 Å². The second-order valence-electron chi connectivity index (χ2n) is 13.0. The van der Waals surface area contributed by atoms with Gasteiger partial charge in [-0.3, -0.25) is 0 Å². The Hall–Kier alpha value is -9.94. The van der Waals surface area contributed by atoms with E-state index in [1.807, 2.05) is 119 Å². The predicted octanol–water partition coefficient (Wildman–Crippen LogP) is 11.1. The third-order valence-electron chi connectivity index (χ3n) is 9.85. The van der Waals surface area contributed by atoms with Crippen LogP contribution in [0.5, 0.6) is 0 Å². The maximum atomic E-state index is 10.4. The van der Waals surface area contributed by atoms with Crippen LogP contribution in [0.25, 0.3) is 27.8 Å². The van der Waals surface area contributed by atoms with E-state index in [0.717, 1.165) is 22.5 Å². The number of hydrogen-bond donors (Lipinski definition) is 0. The number of nitriles is 8. The van der Waals surface area contributed by atoms with Crippen molar-refractivity contribution in [2.24, 2.45) is 0 Å². The van der Waals surface area contributed by atoms with Crippen molar-refractivity contribution in [1.29, 1.82) is 42.1 Å². The van der Waals surface area contributed by atoms with Crippen LogP contribution >= 0.6 is 0 Å². The molecule has 10 nitrogen and oxygen atoms in total. The summed E-state index contributed by atoms with van der Waals surface area (Å²) in [5, 5.41) is 77.9. The molecule has 10 heteroatoms. The van der Waals surface area contributed by atoms with Crippen molar-refractivity contribution < 1.29 is 0 Å². The van der Waals surface area contributed by atoms with E-state index in [2.05, 4.69) is 12.1 Å². The van der Waals surface area contributed by atoms with Crippen molar-refractivity contribution in [2.45, 2.75) is 0 Å². The van der Waals surface area contributed by atoms with E-state index in [1.165, 1.54) is 0 Å². The number of benzene rings is 6. The highest BCUT2D eigenvalue weighted by atomic mass is 15.1. The van der Waals surface area contributed by atoms with Crippen LogP contribution in [0.1, 0.15) is 22.3 Å². The first kappa shape index (κ1) is 38.3. The molecule has 6 aromatic carbocycles. The molecule has 6 aromatic rings. The van der Waals surface area contributed by atoms with Gasteiger partial charge in [-0.1, -0.05) is 72.8 Å². The maximum Gasteiger partial charge on any atom is 0.148 e. The molecule has 0 spiro atoms. The SMILES string of the molecule is N#CC(C#N)=C(C#N)c1ccc(N(c2ccccc2)c2ccc3c(c2)C(=C(C#N)C#N)c2cc(N(c4ccccc4)c4ccc(C(C#N)=C(C#N)C#N)cc4)ccc2-3)cc1. The molecule has 1 aliphatic rings. The van der Waals surface area contributed by atoms with Crippen LogP contribution in [0.15, 0.2) is 162 Å². The van der Waals surface area contributed by atoms with Crippen LogP contribution in [0.4, 0.5) is 34.1 Å². The quantitative estimate of drug-likeness (QED) is 0.134. The summed E-state index contributed by atoms with van der Waals surface area (Å²) < 4.78 is 0. The molecular formula is C50H24N10. The molecular weight excluding hydrogens is 741 g/mol. The molecule has 0 saturated carbocycles. The summed E-state index contributed by atoms with van der Waals surface area (Å²) >= 11 is 0. The number of hydrogen-bond acceptors (Lipinski definition) is 10. The highest BCUT2D eigenvalue weighted by Gasteiger charge is 2.30. The molecule has 0 N–H and O–H groups in total. The molecule has 274 valence electrons. The van der Waals surface area contributed by atoms with E-state index < -0.39 is 0 Å². The first-order valence-electron chi connectivity index (χ1n) is 18.1. The molecule has 60 heavy (non-hydrogen) atoms. The van der Waals surface area contributed by atoms with Gasteiger partial charge in [0.2, 0.25) is 0 Å². The first-order valence-corrected chi connectivity index (χ1v) is 18.1. The van der Waals surface area contributed by atoms with Gasteiger partial charge in [-0.25, -0.2) is 0 Å². The van der Waals surface area contributed by atoms with Crippen molar-refractivity contribution in [3.8, 4) is 59.7 Å². The van der Waals surface area contributed by atoms with Crippen molar-refractivity contribution in [1.82, 2.24) is 0 Å². The van der Waals surface area contributed by atoms with Crippen LogP contribution in [0, 0.1) is 90.6 Å². The van der Waals surface area contributed by atoms with Gasteiger partial charge in [0.05, 0.1) is 11.1 Å². The topological polar surface area (TPSA) is 197 Å². The Morgan fingerprint density at radius 1 is 0.317 bits per heavy atom. The lowest BCUT2D eigenvalue weighted by Gasteiger charge is -2.26. The fourth-order valence-corrected chi connectivity index (χ4v) is 7.18. The Kier molecular flexibility index (Phi) is 10.8. The van der Waals surface area contributed by atoms with E-state index in [1.54, 1.807) is 72.8 Å². The average molecular weight is 765 g/mol. The van der Waals surface area contributed by atoms with Gasteiger partial charge in [-0.15, -0.1) is 0 Å². The van der Waals surface area contributed by atoms with Gasteiger partial charge >= 0.3 is 0 Å². The summed E-state index contributed by atoms with van der Waals surface area (Å²) in [4.78, 5) is 3.98. The van der Waals surface area contributed by atoms with Gasteiger partial charge in [0.15, 0.2) is 0 Å². The number of anilines is 6. The molecule has 0 fully saturated rings. The monoisotopic (exact) mass is 764 g/mol. The van der Waals surface area contributed by atoms with Crippen LogP contribution in [-0.4, -0.2) is 0 Å². The molecule has 0 atom stereocenters. The lowest BCUT2D eigenvalue weighted by molar-refractivity contribution is 1.28. The molecule has 0 bridgehead atoms. The summed E-state index contributed by atoms with van der Waals surface area (Å²) in [5.41, 5.74) is 8.07. The zero-order valence-electron chi connectivity index (χ0n) is 31.3. The Morgan fingerprint density at radius 3 is 0.967 bits per heavy atom. The summed E-state index contributed by atoms with van der Waals surface area (Å²) in [6.45, 7) is 0. The van der Waals surface area contributed by atoms with Gasteiger partial charge in [-0.2, -0.15) is 42.1 Å². The average Bonchev–Trinajstić information content (AvgIpc) is 3.62. The van der Waals surface area contributed by atoms with Crippen LogP contribution in [0.3, 0.4) is 0 Å². The van der Waals surface area contributed by atoms with E-state index >= 15 is 0 Å². The molecule has 0 aliphatic heterocycles. The summed E-state index contributed by atoms with van der Waals surface area (Å²) in [7, 11) is 0. The number of fused-ring (bicyclic) bond motifs is 3. The van der Waals surface area contributed by atoms with Gasteiger partial charge in [0, 0.05) is 39.7 Å². The minimum Gasteiger partial charge on any atom is -0.310 e. The number of para-hydroxylation sites is 2. The van der Waals surface area contributed by atoms with Gasteiger partial charge < -0.3 is 9.80 Å². The highest BCUT2D eigenvalue weighted by Crippen LogP contribution is 2.50. The van der Waals surface area contributed by atoms with Crippen LogP contribution in [0.2, 0.25) is 0 Å². The van der Waals surface area contributed by atoms with Crippen molar-refractivity contribution in [2.75, 3.05) is 9.80 Å². The van der Waals surface area contributed by atoms with Crippen LogP contribution in [-0.2, 0) is 0 Å². The van der Waals surface area contributed by atoms with E-state index in [0.29, 0.717) is 50.6 Å². The zero-order chi connectivity index (χ0) is 42.2. The van der Waals surface area contributed by atoms with Gasteiger partial charge in [0.1, 0.15) is 65.3 Å². The molecule has 0 radical (unpaired) electrons. The minimum absolute atomic E-state index is 0.0271. The lowest BCUT2D eigenvalue weighted by atomic mass is 9.97. The second-order valence-corrected chi connectivity index (χ2v) is 13.0. The summed E-state index contributed by atoms with van der Waals surface area (Å²) in [6.07, 6.45) is 0. The van der Waals surface area contributed by atoms with E-state index in [-0.39, 0.29) is 27.9 Å². The molecule has 0 heterocycles. The third kappa shape index (κ3) is 6.92.